The van der Waals surface area contributed by atoms with Gasteiger partial charge in [0.15, 0.2) is 0 Å². The van der Waals surface area contributed by atoms with Crippen LogP contribution in [0.5, 0.6) is 0 Å². The van der Waals surface area contributed by atoms with Crippen LogP contribution in [-0.2, 0) is 9.59 Å². The lowest BCUT2D eigenvalue weighted by molar-refractivity contribution is -0.122. The van der Waals surface area contributed by atoms with Gasteiger partial charge in [-0.2, -0.15) is 0 Å². The van der Waals surface area contributed by atoms with E-state index in [9.17, 15) is 9.59 Å². The Balaban J connectivity index is 1.75. The molecule has 130 valence electrons. The summed E-state index contributed by atoms with van der Waals surface area (Å²) in [7, 11) is 0. The maximum atomic E-state index is 12.5. The molecular weight excluding hydrogens is 383 g/mol. The van der Waals surface area contributed by atoms with E-state index in [1.165, 1.54) is 0 Å². The number of carbonyl (C=O) groups is 2. The van der Waals surface area contributed by atoms with E-state index in [0.29, 0.717) is 27.3 Å². The van der Waals surface area contributed by atoms with Crippen LogP contribution in [0.2, 0.25) is 15.1 Å². The summed E-state index contributed by atoms with van der Waals surface area (Å²) in [5.74, 6) is -0.799. The molecule has 0 aromatic heterocycles. The van der Waals surface area contributed by atoms with Gasteiger partial charge in [-0.1, -0.05) is 40.9 Å². The van der Waals surface area contributed by atoms with E-state index < -0.39 is 5.92 Å². The van der Waals surface area contributed by atoms with E-state index in [1.54, 1.807) is 35.2 Å². The maximum Gasteiger partial charge on any atom is 0.229 e. The first-order chi connectivity index (χ1) is 11.8. The van der Waals surface area contributed by atoms with E-state index >= 15 is 0 Å². The monoisotopic (exact) mass is 396 g/mol. The van der Waals surface area contributed by atoms with Gasteiger partial charge in [0.25, 0.3) is 0 Å². The molecule has 0 radical (unpaired) electrons. The van der Waals surface area contributed by atoms with E-state index in [-0.39, 0.29) is 18.2 Å². The van der Waals surface area contributed by atoms with Gasteiger partial charge in [0, 0.05) is 39.4 Å². The van der Waals surface area contributed by atoms with Gasteiger partial charge in [0.05, 0.1) is 5.92 Å². The molecule has 7 heteroatoms. The van der Waals surface area contributed by atoms with Crippen LogP contribution in [0, 0.1) is 12.8 Å². The third-order valence-corrected chi connectivity index (χ3v) is 5.00. The molecule has 25 heavy (non-hydrogen) atoms. The molecule has 2 amide bonds. The van der Waals surface area contributed by atoms with Gasteiger partial charge in [0.1, 0.15) is 0 Å². The Labute approximate surface area is 160 Å². The van der Waals surface area contributed by atoms with Gasteiger partial charge in [-0.15, -0.1) is 0 Å². The van der Waals surface area contributed by atoms with Crippen molar-refractivity contribution in [2.24, 2.45) is 5.92 Å². The number of hydrogen-bond acceptors (Lipinski definition) is 2. The predicted octanol–water partition coefficient (Wildman–Crippen LogP) is 4.95. The van der Waals surface area contributed by atoms with Crippen LogP contribution in [0.3, 0.4) is 0 Å². The van der Waals surface area contributed by atoms with Crippen molar-refractivity contribution in [3.8, 4) is 0 Å². The van der Waals surface area contributed by atoms with Gasteiger partial charge < -0.3 is 10.2 Å². The summed E-state index contributed by atoms with van der Waals surface area (Å²) in [4.78, 5) is 26.5. The van der Waals surface area contributed by atoms with Crippen LogP contribution in [0.15, 0.2) is 36.4 Å². The molecule has 1 unspecified atom stereocenters. The number of nitrogens with one attached hydrogen (secondary N) is 1. The molecule has 1 heterocycles. The second-order valence-electron chi connectivity index (χ2n) is 5.94. The lowest BCUT2D eigenvalue weighted by Crippen LogP contribution is -2.28. The predicted molar refractivity (Wildman–Crippen MR) is 102 cm³/mol. The minimum atomic E-state index is -0.455. The maximum absolute atomic E-state index is 12.5. The number of anilines is 2. The normalized spacial score (nSPS) is 17.0. The Kier molecular flexibility index (Phi) is 5.23. The third-order valence-electron chi connectivity index (χ3n) is 4.16. The minimum Gasteiger partial charge on any atom is -0.326 e. The van der Waals surface area contributed by atoms with Crippen molar-refractivity contribution in [2.45, 2.75) is 13.3 Å². The Hall–Kier alpha value is -1.75. The summed E-state index contributed by atoms with van der Waals surface area (Å²) in [6.07, 6.45) is 0.145. The number of carbonyl (C=O) groups excluding carboxylic acids is 2. The number of hydrogen-bond donors (Lipinski definition) is 1. The van der Waals surface area contributed by atoms with Gasteiger partial charge in [-0.3, -0.25) is 9.59 Å². The highest BCUT2D eigenvalue weighted by Crippen LogP contribution is 2.32. The fourth-order valence-corrected chi connectivity index (χ4v) is 3.57. The summed E-state index contributed by atoms with van der Waals surface area (Å²) in [6, 6.07) is 10.2. The van der Waals surface area contributed by atoms with Crippen molar-refractivity contribution in [1.82, 2.24) is 0 Å². The zero-order valence-electron chi connectivity index (χ0n) is 13.4. The van der Waals surface area contributed by atoms with Crippen LogP contribution in [0.1, 0.15) is 12.0 Å². The zero-order chi connectivity index (χ0) is 18.1. The van der Waals surface area contributed by atoms with Gasteiger partial charge in [0.2, 0.25) is 11.8 Å². The smallest absolute Gasteiger partial charge is 0.229 e. The average Bonchev–Trinajstić information content (AvgIpc) is 2.91. The molecule has 0 spiro atoms. The van der Waals surface area contributed by atoms with Crippen molar-refractivity contribution in [3.05, 3.63) is 57.0 Å². The molecule has 0 bridgehead atoms. The molecule has 0 aliphatic carbocycles. The first-order valence-corrected chi connectivity index (χ1v) is 8.81. The number of nitrogens with zero attached hydrogens (tertiary/aromatic N) is 1. The average molecular weight is 398 g/mol. The standard InChI is InChI=1S/C18H15Cl3N2O2/c1-10-15(21)3-2-4-16(10)23-9-11(5-17(23)24)18(25)22-14-7-12(19)6-13(20)8-14/h2-4,6-8,11H,5,9H2,1H3,(H,22,25). The van der Waals surface area contributed by atoms with E-state index in [2.05, 4.69) is 5.32 Å². The van der Waals surface area contributed by atoms with Crippen molar-refractivity contribution < 1.29 is 9.59 Å². The van der Waals surface area contributed by atoms with Crippen LogP contribution >= 0.6 is 34.8 Å². The summed E-state index contributed by atoms with van der Waals surface area (Å²) < 4.78 is 0. The quantitative estimate of drug-likeness (QED) is 0.797. The first-order valence-electron chi connectivity index (χ1n) is 7.67. The molecular formula is C18H15Cl3N2O2. The van der Waals surface area contributed by atoms with Gasteiger partial charge >= 0.3 is 0 Å². The molecule has 1 aliphatic heterocycles. The van der Waals surface area contributed by atoms with Gasteiger partial charge in [-0.25, -0.2) is 0 Å². The highest BCUT2D eigenvalue weighted by atomic mass is 35.5. The van der Waals surface area contributed by atoms with Crippen molar-refractivity contribution in [2.75, 3.05) is 16.8 Å². The molecule has 1 aliphatic rings. The minimum absolute atomic E-state index is 0.102. The molecule has 4 nitrogen and oxygen atoms in total. The molecule has 2 aromatic rings. The Morgan fingerprint density at radius 2 is 1.84 bits per heavy atom. The molecule has 0 saturated carbocycles. The van der Waals surface area contributed by atoms with E-state index in [0.717, 1.165) is 11.3 Å². The summed E-state index contributed by atoms with van der Waals surface area (Å²) in [5.41, 5.74) is 2.06. The lowest BCUT2D eigenvalue weighted by Gasteiger charge is -2.19. The summed E-state index contributed by atoms with van der Waals surface area (Å²) in [5, 5.41) is 4.22. The van der Waals surface area contributed by atoms with Gasteiger partial charge in [-0.05, 0) is 42.8 Å². The fourth-order valence-electron chi connectivity index (χ4n) is 2.87. The Bertz CT molecular complexity index is 834. The number of halogens is 3. The summed E-state index contributed by atoms with van der Waals surface area (Å²) in [6.45, 7) is 2.16. The molecule has 1 fully saturated rings. The summed E-state index contributed by atoms with van der Waals surface area (Å²) >= 11 is 18.0. The zero-order valence-corrected chi connectivity index (χ0v) is 15.6. The van der Waals surface area contributed by atoms with Crippen LogP contribution in [0.25, 0.3) is 0 Å². The molecule has 2 aromatic carbocycles. The number of amides is 2. The van der Waals surface area contributed by atoms with Crippen molar-refractivity contribution >= 4 is 58.0 Å². The third kappa shape index (κ3) is 3.92. The van der Waals surface area contributed by atoms with E-state index in [4.69, 9.17) is 34.8 Å². The topological polar surface area (TPSA) is 49.4 Å². The van der Waals surface area contributed by atoms with E-state index in [1.807, 2.05) is 13.0 Å². The van der Waals surface area contributed by atoms with Crippen LogP contribution < -0.4 is 10.2 Å². The Morgan fingerprint density at radius 3 is 2.52 bits per heavy atom. The number of benzene rings is 2. The SMILES string of the molecule is Cc1c(Cl)cccc1N1CC(C(=O)Nc2cc(Cl)cc(Cl)c2)CC1=O. The lowest BCUT2D eigenvalue weighted by atomic mass is 10.1. The largest absolute Gasteiger partial charge is 0.326 e. The highest BCUT2D eigenvalue weighted by Gasteiger charge is 2.35. The van der Waals surface area contributed by atoms with Crippen molar-refractivity contribution in [3.63, 3.8) is 0 Å². The Morgan fingerprint density at radius 1 is 1.16 bits per heavy atom. The molecule has 1 atom stereocenters. The number of rotatable bonds is 3. The molecule has 1 saturated heterocycles. The molecule has 1 N–H and O–H groups in total. The highest BCUT2D eigenvalue weighted by molar-refractivity contribution is 6.35. The molecule has 3 rings (SSSR count). The van der Waals surface area contributed by atoms with Crippen LogP contribution in [-0.4, -0.2) is 18.4 Å². The first kappa shape index (κ1) is 18.1. The second kappa shape index (κ2) is 7.24. The van der Waals surface area contributed by atoms with Crippen LogP contribution in [0.4, 0.5) is 11.4 Å². The fraction of sp³-hybridized carbons (Fsp3) is 0.222. The second-order valence-corrected chi connectivity index (χ2v) is 7.22. The van der Waals surface area contributed by atoms with Crippen molar-refractivity contribution in [1.29, 1.82) is 0 Å².